The van der Waals surface area contributed by atoms with Gasteiger partial charge in [0.25, 0.3) is 0 Å². The van der Waals surface area contributed by atoms with Gasteiger partial charge < -0.3 is 4.74 Å². The Balaban J connectivity index is 2.24. The van der Waals surface area contributed by atoms with Crippen molar-refractivity contribution in [3.8, 4) is 0 Å². The molecule has 19 heavy (non-hydrogen) atoms. The Kier molecular flexibility index (Phi) is 4.70. The number of Topliss-reactive ketones (excluding diaryl/α,β-unsaturated/α-hetero) is 1. The summed E-state index contributed by atoms with van der Waals surface area (Å²) in [6.45, 7) is 6.60. The molecule has 0 aromatic carbocycles. The van der Waals surface area contributed by atoms with E-state index in [9.17, 15) is 4.79 Å². The maximum Gasteiger partial charge on any atom is 0.170 e. The Morgan fingerprint density at radius 2 is 2.32 bits per heavy atom. The molecule has 0 fully saturated rings. The van der Waals surface area contributed by atoms with Crippen LogP contribution in [0.2, 0.25) is 0 Å². The Morgan fingerprint density at radius 1 is 1.53 bits per heavy atom. The summed E-state index contributed by atoms with van der Waals surface area (Å²) in [4.78, 5) is 17.2. The molecule has 0 saturated carbocycles. The van der Waals surface area contributed by atoms with E-state index in [2.05, 4.69) is 11.1 Å². The Bertz CT molecular complexity index is 442. The van der Waals surface area contributed by atoms with Gasteiger partial charge in [0.1, 0.15) is 6.10 Å². The smallest absolute Gasteiger partial charge is 0.170 e. The highest BCUT2D eigenvalue weighted by Gasteiger charge is 2.34. The fourth-order valence-corrected chi connectivity index (χ4v) is 2.87. The lowest BCUT2D eigenvalue weighted by Gasteiger charge is -2.28. The first-order valence-corrected chi connectivity index (χ1v) is 7.24. The van der Waals surface area contributed by atoms with E-state index < -0.39 is 0 Å². The fourth-order valence-electron chi connectivity index (χ4n) is 2.87. The lowest BCUT2D eigenvalue weighted by Crippen LogP contribution is -2.35. The van der Waals surface area contributed by atoms with Crippen molar-refractivity contribution in [2.75, 3.05) is 6.61 Å². The number of aryl methyl sites for hydroxylation is 1. The maximum absolute atomic E-state index is 12.7. The van der Waals surface area contributed by atoms with E-state index in [1.165, 1.54) is 5.56 Å². The summed E-state index contributed by atoms with van der Waals surface area (Å²) in [5, 5.41) is 0. The lowest BCUT2D eigenvalue weighted by molar-refractivity contribution is -0.135. The molecular weight excluding hydrogens is 238 g/mol. The maximum atomic E-state index is 12.7. The van der Waals surface area contributed by atoms with Crippen LogP contribution in [0.4, 0.5) is 0 Å². The van der Waals surface area contributed by atoms with Gasteiger partial charge in [-0.15, -0.1) is 0 Å². The summed E-state index contributed by atoms with van der Waals surface area (Å²) in [5.41, 5.74) is 2.20. The number of fused-ring (bicyclic) bond motifs is 1. The Hall–Kier alpha value is -1.22. The van der Waals surface area contributed by atoms with Crippen molar-refractivity contribution < 1.29 is 9.53 Å². The molecule has 2 unspecified atom stereocenters. The van der Waals surface area contributed by atoms with Crippen molar-refractivity contribution in [2.45, 2.75) is 52.1 Å². The van der Waals surface area contributed by atoms with Gasteiger partial charge >= 0.3 is 0 Å². The first-order chi connectivity index (χ1) is 9.15. The third-order valence-electron chi connectivity index (χ3n) is 3.77. The van der Waals surface area contributed by atoms with E-state index in [1.54, 1.807) is 6.20 Å². The summed E-state index contributed by atoms with van der Waals surface area (Å²) in [6, 6.07) is 4.04. The number of carbonyl (C=O) groups excluding carboxylic acids is 1. The van der Waals surface area contributed by atoms with Crippen LogP contribution in [-0.4, -0.2) is 23.5 Å². The second kappa shape index (κ2) is 6.29. The normalized spacial score (nSPS) is 20.1. The lowest BCUT2D eigenvalue weighted by atomic mass is 9.80. The molecule has 2 atom stereocenters. The van der Waals surface area contributed by atoms with Crippen molar-refractivity contribution in [2.24, 2.45) is 5.92 Å². The van der Waals surface area contributed by atoms with Gasteiger partial charge in [0.15, 0.2) is 5.78 Å². The van der Waals surface area contributed by atoms with Crippen LogP contribution in [0.1, 0.15) is 50.8 Å². The fraction of sp³-hybridized carbons (Fsp3) is 0.625. The molecule has 0 saturated heterocycles. The molecule has 0 bridgehead atoms. The highest BCUT2D eigenvalue weighted by atomic mass is 16.5. The molecule has 0 aliphatic heterocycles. The van der Waals surface area contributed by atoms with Crippen molar-refractivity contribution in [3.63, 3.8) is 0 Å². The molecule has 1 heterocycles. The highest BCUT2D eigenvalue weighted by Crippen LogP contribution is 2.32. The van der Waals surface area contributed by atoms with Gasteiger partial charge in [0.05, 0.1) is 11.6 Å². The average molecular weight is 261 g/mol. The molecule has 2 rings (SSSR count). The molecule has 1 aliphatic rings. The zero-order valence-corrected chi connectivity index (χ0v) is 12.1. The number of pyridine rings is 1. The summed E-state index contributed by atoms with van der Waals surface area (Å²) in [6.07, 6.45) is 4.48. The summed E-state index contributed by atoms with van der Waals surface area (Å²) in [5.74, 6) is 0.335. The van der Waals surface area contributed by atoms with Crippen molar-refractivity contribution in [3.05, 3.63) is 29.6 Å². The molecule has 3 heteroatoms. The van der Waals surface area contributed by atoms with E-state index in [4.69, 9.17) is 4.74 Å². The number of nitrogens with zero attached hydrogens (tertiary/aromatic N) is 1. The van der Waals surface area contributed by atoms with Gasteiger partial charge in [-0.3, -0.25) is 9.78 Å². The van der Waals surface area contributed by atoms with Gasteiger partial charge in [0.2, 0.25) is 0 Å². The standard InChI is InChI=1S/C16H23NO2/c1-4-19-16(11(2)3)15(18)13-9-5-7-12-8-6-10-17-14(12)13/h6,8,10-11,13,16H,4-5,7,9H2,1-3H3. The summed E-state index contributed by atoms with van der Waals surface area (Å²) in [7, 11) is 0. The topological polar surface area (TPSA) is 39.2 Å². The van der Waals surface area contributed by atoms with Crippen molar-refractivity contribution in [1.82, 2.24) is 4.98 Å². The quantitative estimate of drug-likeness (QED) is 0.817. The molecule has 1 aromatic heterocycles. The molecule has 1 aliphatic carbocycles. The first kappa shape index (κ1) is 14.2. The monoisotopic (exact) mass is 261 g/mol. The Labute approximate surface area is 115 Å². The van der Waals surface area contributed by atoms with Crippen LogP contribution in [0.5, 0.6) is 0 Å². The van der Waals surface area contributed by atoms with Crippen LogP contribution < -0.4 is 0 Å². The van der Waals surface area contributed by atoms with E-state index in [1.807, 2.05) is 26.8 Å². The summed E-state index contributed by atoms with van der Waals surface area (Å²) < 4.78 is 5.66. The average Bonchev–Trinajstić information content (AvgIpc) is 2.43. The first-order valence-electron chi connectivity index (χ1n) is 7.24. The van der Waals surface area contributed by atoms with Crippen LogP contribution >= 0.6 is 0 Å². The van der Waals surface area contributed by atoms with Gasteiger partial charge in [0, 0.05) is 12.8 Å². The largest absolute Gasteiger partial charge is 0.370 e. The molecule has 1 aromatic rings. The number of hydrogen-bond acceptors (Lipinski definition) is 3. The predicted octanol–water partition coefficient (Wildman–Crippen LogP) is 3.13. The second-order valence-electron chi connectivity index (χ2n) is 5.51. The van der Waals surface area contributed by atoms with Crippen LogP contribution in [0.3, 0.4) is 0 Å². The molecule has 104 valence electrons. The van der Waals surface area contributed by atoms with E-state index >= 15 is 0 Å². The second-order valence-corrected chi connectivity index (χ2v) is 5.51. The Morgan fingerprint density at radius 3 is 3.00 bits per heavy atom. The third kappa shape index (κ3) is 3.03. The van der Waals surface area contributed by atoms with Gasteiger partial charge in [-0.1, -0.05) is 19.9 Å². The molecule has 0 amide bonds. The highest BCUT2D eigenvalue weighted by molar-refractivity contribution is 5.90. The summed E-state index contributed by atoms with van der Waals surface area (Å²) >= 11 is 0. The number of hydrogen-bond donors (Lipinski definition) is 0. The molecular formula is C16H23NO2. The molecule has 3 nitrogen and oxygen atoms in total. The van der Waals surface area contributed by atoms with E-state index in [0.717, 1.165) is 25.0 Å². The number of ketones is 1. The van der Waals surface area contributed by atoms with Crippen molar-refractivity contribution in [1.29, 1.82) is 0 Å². The molecule has 0 radical (unpaired) electrons. The number of ether oxygens (including phenoxy) is 1. The van der Waals surface area contributed by atoms with E-state index in [-0.39, 0.29) is 23.7 Å². The van der Waals surface area contributed by atoms with Gasteiger partial charge in [-0.25, -0.2) is 0 Å². The molecule has 0 N–H and O–H groups in total. The van der Waals surface area contributed by atoms with E-state index in [0.29, 0.717) is 6.61 Å². The van der Waals surface area contributed by atoms with Gasteiger partial charge in [-0.05, 0) is 43.7 Å². The van der Waals surface area contributed by atoms with Crippen LogP contribution in [0.15, 0.2) is 18.3 Å². The van der Waals surface area contributed by atoms with Crippen molar-refractivity contribution >= 4 is 5.78 Å². The van der Waals surface area contributed by atoms with Gasteiger partial charge in [-0.2, -0.15) is 0 Å². The number of carbonyl (C=O) groups is 1. The van der Waals surface area contributed by atoms with Crippen LogP contribution in [0, 0.1) is 5.92 Å². The minimum Gasteiger partial charge on any atom is -0.370 e. The minimum atomic E-state index is -0.303. The number of rotatable bonds is 5. The number of aromatic nitrogens is 1. The van der Waals surface area contributed by atoms with Crippen LogP contribution in [0.25, 0.3) is 0 Å². The minimum absolute atomic E-state index is 0.0797. The predicted molar refractivity (Wildman–Crippen MR) is 75.2 cm³/mol. The third-order valence-corrected chi connectivity index (χ3v) is 3.77. The zero-order valence-electron chi connectivity index (χ0n) is 12.1. The molecule has 0 spiro atoms. The zero-order chi connectivity index (χ0) is 13.8. The SMILES string of the molecule is CCOC(C(=O)C1CCCc2cccnc21)C(C)C. The van der Waals surface area contributed by atoms with Crippen LogP contribution in [-0.2, 0) is 16.0 Å².